The molecular weight excluding hydrogens is 381 g/mol. The fourth-order valence-electron chi connectivity index (χ4n) is 3.49. The van der Waals surface area contributed by atoms with E-state index in [0.717, 1.165) is 22.3 Å². The van der Waals surface area contributed by atoms with Crippen LogP contribution in [0, 0.1) is 19.7 Å². The van der Waals surface area contributed by atoms with Crippen LogP contribution in [-0.4, -0.2) is 21.2 Å². The molecule has 3 aromatic rings. The van der Waals surface area contributed by atoms with Crippen LogP contribution in [0.3, 0.4) is 0 Å². The van der Waals surface area contributed by atoms with Gasteiger partial charge in [-0.05, 0) is 70.5 Å². The first-order valence-corrected chi connectivity index (χ1v) is 9.92. The smallest absolute Gasteiger partial charge is 0.415 e. The number of hydrogen-bond acceptors (Lipinski definition) is 3. The number of allylic oxidation sites excluding steroid dienone is 1. The van der Waals surface area contributed by atoms with Gasteiger partial charge in [0.05, 0.1) is 17.8 Å². The van der Waals surface area contributed by atoms with Gasteiger partial charge in [-0.1, -0.05) is 6.08 Å². The second-order valence-electron chi connectivity index (χ2n) is 8.31. The molecule has 0 radical (unpaired) electrons. The van der Waals surface area contributed by atoms with Crippen molar-refractivity contribution in [3.05, 3.63) is 72.0 Å². The molecule has 0 aliphatic rings. The average Bonchev–Trinajstić information content (AvgIpc) is 2.91. The van der Waals surface area contributed by atoms with Crippen LogP contribution in [0.4, 0.5) is 14.9 Å². The lowest BCUT2D eigenvalue weighted by Gasteiger charge is -2.27. The van der Waals surface area contributed by atoms with E-state index >= 15 is 0 Å². The molecule has 0 aliphatic carbocycles. The number of carbonyl (C=O) groups excluding carboxylic acids is 1. The van der Waals surface area contributed by atoms with Crippen molar-refractivity contribution in [2.75, 3.05) is 4.90 Å². The van der Waals surface area contributed by atoms with Gasteiger partial charge in [0.25, 0.3) is 0 Å². The van der Waals surface area contributed by atoms with E-state index in [1.807, 2.05) is 32.9 Å². The highest BCUT2D eigenvalue weighted by atomic mass is 19.1. The van der Waals surface area contributed by atoms with Crippen LogP contribution in [0.25, 0.3) is 10.9 Å². The van der Waals surface area contributed by atoms with E-state index in [0.29, 0.717) is 12.2 Å². The molecule has 1 aromatic carbocycles. The molecule has 30 heavy (non-hydrogen) atoms. The Morgan fingerprint density at radius 2 is 1.90 bits per heavy atom. The first-order chi connectivity index (χ1) is 14.1. The lowest BCUT2D eigenvalue weighted by molar-refractivity contribution is 0.0577. The predicted molar refractivity (Wildman–Crippen MR) is 118 cm³/mol. The summed E-state index contributed by atoms with van der Waals surface area (Å²) in [7, 11) is 0. The summed E-state index contributed by atoms with van der Waals surface area (Å²) >= 11 is 0. The first-order valence-electron chi connectivity index (χ1n) is 9.92. The number of hydrogen-bond donors (Lipinski definition) is 0. The maximum Gasteiger partial charge on any atom is 0.415 e. The Bertz CT molecular complexity index is 1080. The van der Waals surface area contributed by atoms with Crippen molar-refractivity contribution in [2.24, 2.45) is 0 Å². The van der Waals surface area contributed by atoms with Gasteiger partial charge >= 0.3 is 6.09 Å². The normalized spacial score (nSPS) is 11.5. The van der Waals surface area contributed by atoms with E-state index in [-0.39, 0.29) is 12.4 Å². The van der Waals surface area contributed by atoms with Crippen molar-refractivity contribution in [2.45, 2.75) is 53.3 Å². The van der Waals surface area contributed by atoms with E-state index in [9.17, 15) is 9.18 Å². The number of halogens is 1. The van der Waals surface area contributed by atoms with Crippen LogP contribution < -0.4 is 4.90 Å². The van der Waals surface area contributed by atoms with Gasteiger partial charge in [-0.3, -0.25) is 9.88 Å². The number of anilines is 1. The fourth-order valence-corrected chi connectivity index (χ4v) is 3.49. The van der Waals surface area contributed by atoms with Crippen molar-refractivity contribution in [1.82, 2.24) is 9.55 Å². The lowest BCUT2D eigenvalue weighted by atomic mass is 10.1. The topological polar surface area (TPSA) is 47.4 Å². The van der Waals surface area contributed by atoms with Crippen molar-refractivity contribution >= 4 is 22.7 Å². The SMILES string of the molecule is C=CCn1c(C)c(C)c2ccnc(CN(C(=O)OC(C)(C)C)c3ccc(F)cc3)c21. The molecule has 0 spiro atoms. The quantitative estimate of drug-likeness (QED) is 0.492. The van der Waals surface area contributed by atoms with E-state index in [2.05, 4.69) is 30.0 Å². The standard InChI is InChI=1S/C24H28FN3O2/c1-7-14-27-17(3)16(2)20-12-13-26-21(22(20)27)15-28(23(29)30-24(4,5)6)19-10-8-18(25)9-11-19/h7-13H,1,14-15H2,2-6H3. The van der Waals surface area contributed by atoms with Gasteiger partial charge < -0.3 is 9.30 Å². The molecule has 0 aliphatic heterocycles. The summed E-state index contributed by atoms with van der Waals surface area (Å²) in [5.41, 5.74) is 3.87. The number of rotatable bonds is 5. The molecule has 0 fully saturated rings. The number of carbonyl (C=O) groups is 1. The minimum Gasteiger partial charge on any atom is -0.443 e. The molecular formula is C24H28FN3O2. The number of aromatic nitrogens is 2. The largest absolute Gasteiger partial charge is 0.443 e. The molecule has 0 saturated carbocycles. The molecule has 2 aromatic heterocycles. The molecule has 6 heteroatoms. The highest BCUT2D eigenvalue weighted by Gasteiger charge is 2.26. The zero-order valence-electron chi connectivity index (χ0n) is 18.2. The maximum atomic E-state index is 13.5. The Labute approximate surface area is 176 Å². The third-order valence-electron chi connectivity index (χ3n) is 4.99. The summed E-state index contributed by atoms with van der Waals surface area (Å²) in [5, 5.41) is 1.09. The molecule has 0 bridgehead atoms. The van der Waals surface area contributed by atoms with E-state index < -0.39 is 11.7 Å². The molecule has 1 amide bonds. The third kappa shape index (κ3) is 4.37. The minimum atomic E-state index is -0.662. The monoisotopic (exact) mass is 409 g/mol. The lowest BCUT2D eigenvalue weighted by Crippen LogP contribution is -2.36. The van der Waals surface area contributed by atoms with Crippen molar-refractivity contribution in [3.63, 3.8) is 0 Å². The molecule has 2 heterocycles. The maximum absolute atomic E-state index is 13.5. The second-order valence-corrected chi connectivity index (χ2v) is 8.31. The molecule has 0 saturated heterocycles. The predicted octanol–water partition coefficient (Wildman–Crippen LogP) is 5.92. The summed E-state index contributed by atoms with van der Waals surface area (Å²) in [6, 6.07) is 7.78. The van der Waals surface area contributed by atoms with Crippen molar-refractivity contribution in [1.29, 1.82) is 0 Å². The van der Waals surface area contributed by atoms with E-state index in [1.54, 1.807) is 18.3 Å². The number of ether oxygens (including phenoxy) is 1. The van der Waals surface area contributed by atoms with Gasteiger partial charge in [-0.25, -0.2) is 9.18 Å². The van der Waals surface area contributed by atoms with Crippen LogP contribution in [0.15, 0.2) is 49.2 Å². The van der Waals surface area contributed by atoms with Gasteiger partial charge in [0, 0.05) is 29.5 Å². The number of pyridine rings is 1. The summed E-state index contributed by atoms with van der Waals surface area (Å²) in [6.07, 6.45) is 3.08. The molecule has 3 rings (SSSR count). The number of amides is 1. The Balaban J connectivity index is 2.11. The van der Waals surface area contributed by atoms with Gasteiger partial charge in [0.2, 0.25) is 0 Å². The number of fused-ring (bicyclic) bond motifs is 1. The summed E-state index contributed by atoms with van der Waals surface area (Å²) in [5.74, 6) is -0.366. The van der Waals surface area contributed by atoms with Crippen LogP contribution in [-0.2, 0) is 17.8 Å². The van der Waals surface area contributed by atoms with E-state index in [1.165, 1.54) is 22.6 Å². The van der Waals surface area contributed by atoms with Gasteiger partial charge in [-0.15, -0.1) is 6.58 Å². The van der Waals surface area contributed by atoms with Crippen LogP contribution in [0.5, 0.6) is 0 Å². The average molecular weight is 410 g/mol. The van der Waals surface area contributed by atoms with Crippen LogP contribution in [0.2, 0.25) is 0 Å². The Morgan fingerprint density at radius 3 is 2.50 bits per heavy atom. The molecule has 158 valence electrons. The van der Waals surface area contributed by atoms with Crippen LogP contribution in [0.1, 0.15) is 37.7 Å². The summed E-state index contributed by atoms with van der Waals surface area (Å²) in [6.45, 7) is 14.3. The van der Waals surface area contributed by atoms with Gasteiger partial charge in [-0.2, -0.15) is 0 Å². The number of aryl methyl sites for hydroxylation is 1. The molecule has 0 unspecified atom stereocenters. The fraction of sp³-hybridized carbons (Fsp3) is 0.333. The van der Waals surface area contributed by atoms with Gasteiger partial charge in [0.1, 0.15) is 11.4 Å². The highest BCUT2D eigenvalue weighted by molar-refractivity contribution is 5.91. The van der Waals surface area contributed by atoms with Crippen molar-refractivity contribution in [3.8, 4) is 0 Å². The Morgan fingerprint density at radius 1 is 1.23 bits per heavy atom. The highest BCUT2D eigenvalue weighted by Crippen LogP contribution is 2.29. The zero-order chi connectivity index (χ0) is 22.1. The zero-order valence-corrected chi connectivity index (χ0v) is 18.2. The number of benzene rings is 1. The minimum absolute atomic E-state index is 0.192. The van der Waals surface area contributed by atoms with E-state index in [4.69, 9.17) is 4.74 Å². The first kappa shape index (κ1) is 21.6. The van der Waals surface area contributed by atoms with Gasteiger partial charge in [0.15, 0.2) is 0 Å². The Hall–Kier alpha value is -3.15. The Kier molecular flexibility index (Phi) is 5.97. The number of nitrogens with zero attached hydrogens (tertiary/aromatic N) is 3. The third-order valence-corrected chi connectivity index (χ3v) is 4.99. The molecule has 0 N–H and O–H groups in total. The molecule has 5 nitrogen and oxygen atoms in total. The van der Waals surface area contributed by atoms with Crippen molar-refractivity contribution < 1.29 is 13.9 Å². The summed E-state index contributed by atoms with van der Waals surface area (Å²) < 4.78 is 21.3. The van der Waals surface area contributed by atoms with Crippen LogP contribution >= 0.6 is 0 Å². The second kappa shape index (κ2) is 8.30. The summed E-state index contributed by atoms with van der Waals surface area (Å²) in [4.78, 5) is 19.1. The molecule has 0 atom stereocenters.